The molecule has 7 heteroatoms. The summed E-state index contributed by atoms with van der Waals surface area (Å²) in [5, 5.41) is 26.8. The Morgan fingerprint density at radius 2 is 1.41 bits per heavy atom. The van der Waals surface area contributed by atoms with Gasteiger partial charge in [-0.1, -0.05) is 54.3 Å². The van der Waals surface area contributed by atoms with Gasteiger partial charge in [-0.05, 0) is 23.3 Å². The van der Waals surface area contributed by atoms with E-state index < -0.39 is 0 Å². The van der Waals surface area contributed by atoms with Gasteiger partial charge in [-0.25, -0.2) is 4.99 Å². The number of hydrogen-bond donors (Lipinski definition) is 1. The van der Waals surface area contributed by atoms with Gasteiger partial charge < -0.3 is 10.2 Å². The minimum atomic E-state index is -0.132. The maximum absolute atomic E-state index is 11.4. The van der Waals surface area contributed by atoms with Crippen LogP contribution in [0.3, 0.4) is 0 Å². The molecule has 0 bridgehead atoms. The van der Waals surface area contributed by atoms with Gasteiger partial charge in [-0.2, -0.15) is 5.10 Å². The first kappa shape index (κ1) is 17.8. The second kappa shape index (κ2) is 8.94. The molecule has 2 aromatic rings. The van der Waals surface area contributed by atoms with Gasteiger partial charge in [0, 0.05) is 6.21 Å². The molecule has 115 valence electrons. The van der Waals surface area contributed by atoms with Crippen molar-refractivity contribution in [3.05, 3.63) is 59.7 Å². The second-order valence-corrected chi connectivity index (χ2v) is 4.40. The molecule has 22 heavy (non-hydrogen) atoms. The number of thiocarbonyl (C=S) groups is 1. The molecule has 2 rings (SSSR count). The van der Waals surface area contributed by atoms with Crippen molar-refractivity contribution in [2.24, 2.45) is 10.1 Å². The third-order valence-corrected chi connectivity index (χ3v) is 2.72. The van der Waals surface area contributed by atoms with Crippen LogP contribution >= 0.6 is 12.2 Å². The zero-order valence-corrected chi connectivity index (χ0v) is 13.0. The largest absolute Gasteiger partial charge is 2.00 e. The van der Waals surface area contributed by atoms with Crippen molar-refractivity contribution in [2.75, 3.05) is 0 Å². The maximum atomic E-state index is 11.4. The van der Waals surface area contributed by atoms with E-state index in [1.807, 2.05) is 0 Å². The van der Waals surface area contributed by atoms with Gasteiger partial charge in [0.2, 0.25) is 5.11 Å². The normalized spacial score (nSPS) is 10.5. The van der Waals surface area contributed by atoms with E-state index in [4.69, 9.17) is 12.2 Å². The molecule has 0 aliphatic heterocycles. The van der Waals surface area contributed by atoms with Gasteiger partial charge in [0.15, 0.2) is 0 Å². The maximum Gasteiger partial charge on any atom is 2.00 e. The first-order chi connectivity index (χ1) is 10.2. The molecule has 0 spiro atoms. The number of hydrazone groups is 1. The summed E-state index contributed by atoms with van der Waals surface area (Å²) in [6.45, 7) is 0. The second-order valence-electron chi connectivity index (χ2n) is 4.01. The van der Waals surface area contributed by atoms with Crippen LogP contribution in [0.5, 0.6) is 11.5 Å². The van der Waals surface area contributed by atoms with E-state index in [1.165, 1.54) is 24.6 Å². The summed E-state index contributed by atoms with van der Waals surface area (Å²) in [5.74, 6) is -0.259. The topological polar surface area (TPSA) is 82.9 Å². The third-order valence-electron chi connectivity index (χ3n) is 2.52. The SMILES string of the molecule is [Cu+2].[O-]c1ccccc1/C=N\NC(=S)/N=C/c1ccccc1[O-]. The molecule has 1 radical (unpaired) electrons. The summed E-state index contributed by atoms with van der Waals surface area (Å²) < 4.78 is 0. The van der Waals surface area contributed by atoms with E-state index >= 15 is 0 Å². The van der Waals surface area contributed by atoms with Crippen LogP contribution in [0.4, 0.5) is 0 Å². The van der Waals surface area contributed by atoms with Crippen LogP contribution in [0.2, 0.25) is 0 Å². The molecule has 0 fully saturated rings. The first-order valence-corrected chi connectivity index (χ1v) is 6.47. The summed E-state index contributed by atoms with van der Waals surface area (Å²) in [7, 11) is 0. The average Bonchev–Trinajstić information content (AvgIpc) is 2.48. The van der Waals surface area contributed by atoms with Crippen molar-refractivity contribution >= 4 is 29.8 Å². The smallest absolute Gasteiger partial charge is 0.872 e. The molecule has 0 aromatic heterocycles. The number of nitrogens with one attached hydrogen (secondary N) is 1. The molecule has 0 atom stereocenters. The van der Waals surface area contributed by atoms with E-state index in [-0.39, 0.29) is 33.7 Å². The third kappa shape index (κ3) is 5.29. The van der Waals surface area contributed by atoms with Gasteiger partial charge in [-0.15, -0.1) is 5.75 Å². The minimum Gasteiger partial charge on any atom is -0.872 e. The molecule has 0 saturated carbocycles. The molecule has 0 amide bonds. The Bertz CT molecular complexity index is 705. The van der Waals surface area contributed by atoms with Gasteiger partial charge >= 0.3 is 17.1 Å². The van der Waals surface area contributed by atoms with Crippen LogP contribution in [-0.4, -0.2) is 17.5 Å². The monoisotopic (exact) mass is 360 g/mol. The van der Waals surface area contributed by atoms with Gasteiger partial charge in [-0.3, -0.25) is 5.43 Å². The Morgan fingerprint density at radius 3 is 1.95 bits per heavy atom. The van der Waals surface area contributed by atoms with E-state index in [2.05, 4.69) is 15.5 Å². The Balaban J connectivity index is 0.00000242. The van der Waals surface area contributed by atoms with Gasteiger partial charge in [0.05, 0.1) is 6.21 Å². The zero-order chi connectivity index (χ0) is 15.1. The number of para-hydroxylation sites is 2. The van der Waals surface area contributed by atoms with Crippen molar-refractivity contribution in [2.45, 2.75) is 0 Å². The van der Waals surface area contributed by atoms with Crippen LogP contribution < -0.4 is 15.6 Å². The Labute approximate surface area is 143 Å². The first-order valence-electron chi connectivity index (χ1n) is 6.06. The Hall–Kier alpha value is -2.21. The average molecular weight is 361 g/mol. The number of nitrogens with zero attached hydrogens (tertiary/aromatic N) is 2. The van der Waals surface area contributed by atoms with Crippen LogP contribution in [0.25, 0.3) is 0 Å². The summed E-state index contributed by atoms with van der Waals surface area (Å²) in [6, 6.07) is 13.0. The van der Waals surface area contributed by atoms with E-state index in [1.54, 1.807) is 36.4 Å². The molecular weight excluding hydrogens is 350 g/mol. The summed E-state index contributed by atoms with van der Waals surface area (Å²) in [6.07, 6.45) is 2.74. The molecule has 0 unspecified atom stereocenters. The van der Waals surface area contributed by atoms with Gasteiger partial charge in [0.1, 0.15) is 0 Å². The van der Waals surface area contributed by atoms with Crippen LogP contribution in [0.15, 0.2) is 58.6 Å². The standard InChI is InChI=1S/C15H13N3O2S.Cu/c19-13-7-3-1-5-11(13)9-16-15(21)18-17-10-12-6-2-4-8-14(12)20;/h1-10,19-20H,(H,18,21);/q;+2/p-2/b16-9+,17-10-;. The molecule has 0 aliphatic rings. The fourth-order valence-corrected chi connectivity index (χ4v) is 1.59. The molecule has 5 nitrogen and oxygen atoms in total. The van der Waals surface area contributed by atoms with Crippen LogP contribution in [0.1, 0.15) is 11.1 Å². The van der Waals surface area contributed by atoms with Crippen molar-refractivity contribution < 1.29 is 27.3 Å². The van der Waals surface area contributed by atoms with Gasteiger partial charge in [0.25, 0.3) is 0 Å². The fraction of sp³-hybridized carbons (Fsp3) is 0. The number of hydrogen-bond acceptors (Lipinski definition) is 4. The van der Waals surface area contributed by atoms with E-state index in [0.717, 1.165) is 0 Å². The zero-order valence-electron chi connectivity index (χ0n) is 11.2. The summed E-state index contributed by atoms with van der Waals surface area (Å²) in [4.78, 5) is 3.91. The summed E-state index contributed by atoms with van der Waals surface area (Å²) in [5.41, 5.74) is 3.40. The van der Waals surface area contributed by atoms with Crippen molar-refractivity contribution in [1.82, 2.24) is 5.43 Å². The van der Waals surface area contributed by atoms with E-state index in [0.29, 0.717) is 11.1 Å². The molecule has 1 N–H and O–H groups in total. The quantitative estimate of drug-likeness (QED) is 0.385. The van der Waals surface area contributed by atoms with E-state index in [9.17, 15) is 10.2 Å². The minimum absolute atomic E-state index is 0. The molecule has 0 heterocycles. The summed E-state index contributed by atoms with van der Waals surface area (Å²) >= 11 is 4.94. The number of benzene rings is 2. The molecule has 2 aromatic carbocycles. The number of rotatable bonds is 3. The Morgan fingerprint density at radius 1 is 0.909 bits per heavy atom. The fourth-order valence-electron chi connectivity index (χ4n) is 1.49. The molecular formula is C15H11CuN3O2S. The molecule has 0 aliphatic carbocycles. The van der Waals surface area contributed by atoms with Crippen LogP contribution in [0, 0.1) is 0 Å². The number of aliphatic imine (C=N–C) groups is 1. The predicted molar refractivity (Wildman–Crippen MR) is 82.7 cm³/mol. The van der Waals surface area contributed by atoms with Crippen molar-refractivity contribution in [3.63, 3.8) is 0 Å². The molecule has 0 saturated heterocycles. The Kier molecular flexibility index (Phi) is 7.25. The van der Waals surface area contributed by atoms with Crippen molar-refractivity contribution in [1.29, 1.82) is 0 Å². The predicted octanol–water partition coefficient (Wildman–Crippen LogP) is 1.16. The van der Waals surface area contributed by atoms with Crippen LogP contribution in [-0.2, 0) is 17.1 Å². The van der Waals surface area contributed by atoms with Crippen molar-refractivity contribution in [3.8, 4) is 11.5 Å².